The van der Waals surface area contributed by atoms with Gasteiger partial charge in [-0.25, -0.2) is 0 Å². The number of carbonyl (C=O) groups excluding carboxylic acids is 1. The van der Waals surface area contributed by atoms with E-state index in [4.69, 9.17) is 11.6 Å². The Kier molecular flexibility index (Phi) is 4.68. The van der Waals surface area contributed by atoms with Crippen LogP contribution < -0.4 is 5.32 Å². The molecule has 2 heterocycles. The molecule has 0 aliphatic rings. The number of aryl methyl sites for hydroxylation is 3. The van der Waals surface area contributed by atoms with Crippen LogP contribution in [0.5, 0.6) is 0 Å². The fourth-order valence-electron chi connectivity index (χ4n) is 1.86. The third kappa shape index (κ3) is 3.77. The van der Waals surface area contributed by atoms with E-state index in [1.54, 1.807) is 12.1 Å². The summed E-state index contributed by atoms with van der Waals surface area (Å²) in [6, 6.07) is 5.12. The van der Waals surface area contributed by atoms with Gasteiger partial charge in [0.15, 0.2) is 10.8 Å². The van der Waals surface area contributed by atoms with E-state index >= 15 is 0 Å². The number of nitrogens with zero attached hydrogens (tertiary/aromatic N) is 4. The number of hydrogen-bond acceptors (Lipinski definition) is 4. The van der Waals surface area contributed by atoms with Gasteiger partial charge in [-0.15, -0.1) is 10.2 Å². The third-order valence-electron chi connectivity index (χ3n) is 2.80. The second-order valence-corrected chi connectivity index (χ2v) is 4.89. The minimum Gasteiger partial charge on any atom is -0.351 e. The van der Waals surface area contributed by atoms with Gasteiger partial charge in [-0.2, -0.15) is 5.10 Å². The molecule has 0 aromatic carbocycles. The number of aromatic nitrogens is 4. The summed E-state index contributed by atoms with van der Waals surface area (Å²) in [5, 5.41) is 14.8. The van der Waals surface area contributed by atoms with Gasteiger partial charge in [-0.3, -0.25) is 9.48 Å². The molecule has 2 aromatic rings. The molecule has 7 heteroatoms. The fraction of sp³-hybridized carbons (Fsp3) is 0.385. The minimum atomic E-state index is -0.248. The Morgan fingerprint density at radius 2 is 2.15 bits per heavy atom. The predicted octanol–water partition coefficient (Wildman–Crippen LogP) is 1.76. The Morgan fingerprint density at radius 3 is 2.75 bits per heavy atom. The van der Waals surface area contributed by atoms with Crippen molar-refractivity contribution in [3.05, 3.63) is 40.4 Å². The number of nitrogens with one attached hydrogen (secondary N) is 1. The van der Waals surface area contributed by atoms with Crippen molar-refractivity contribution in [3.63, 3.8) is 0 Å². The quantitative estimate of drug-likeness (QED) is 0.853. The van der Waals surface area contributed by atoms with E-state index in [-0.39, 0.29) is 16.8 Å². The monoisotopic (exact) mass is 293 g/mol. The molecule has 0 saturated carbocycles. The van der Waals surface area contributed by atoms with Gasteiger partial charge in [0.2, 0.25) is 0 Å². The lowest BCUT2D eigenvalue weighted by Gasteiger charge is -2.06. The third-order valence-corrected chi connectivity index (χ3v) is 3.00. The van der Waals surface area contributed by atoms with Gasteiger partial charge in [-0.05, 0) is 38.5 Å². The predicted molar refractivity (Wildman–Crippen MR) is 75.7 cm³/mol. The van der Waals surface area contributed by atoms with Gasteiger partial charge in [0.1, 0.15) is 0 Å². The van der Waals surface area contributed by atoms with Crippen molar-refractivity contribution in [1.29, 1.82) is 0 Å². The van der Waals surface area contributed by atoms with Crippen molar-refractivity contribution in [2.45, 2.75) is 26.8 Å². The highest BCUT2D eigenvalue weighted by molar-refractivity contribution is 6.29. The number of hydrogen-bond donors (Lipinski definition) is 1. The topological polar surface area (TPSA) is 72.7 Å². The number of halogens is 1. The normalized spacial score (nSPS) is 10.6. The van der Waals surface area contributed by atoms with E-state index in [0.717, 1.165) is 24.4 Å². The molecular weight excluding hydrogens is 278 g/mol. The molecule has 106 valence electrons. The van der Waals surface area contributed by atoms with Crippen molar-refractivity contribution >= 4 is 17.5 Å². The van der Waals surface area contributed by atoms with Crippen LogP contribution in [0, 0.1) is 13.8 Å². The lowest BCUT2D eigenvalue weighted by molar-refractivity contribution is 0.0946. The van der Waals surface area contributed by atoms with Crippen LogP contribution >= 0.6 is 11.6 Å². The summed E-state index contributed by atoms with van der Waals surface area (Å²) in [6.45, 7) is 5.31. The van der Waals surface area contributed by atoms with Gasteiger partial charge in [0, 0.05) is 18.8 Å². The lowest BCUT2D eigenvalue weighted by Crippen LogP contribution is -2.26. The molecule has 0 aliphatic carbocycles. The van der Waals surface area contributed by atoms with Crippen LogP contribution in [0.4, 0.5) is 0 Å². The number of amides is 1. The van der Waals surface area contributed by atoms with E-state index in [2.05, 4.69) is 20.6 Å². The van der Waals surface area contributed by atoms with Crippen molar-refractivity contribution in [1.82, 2.24) is 25.3 Å². The van der Waals surface area contributed by atoms with Crippen molar-refractivity contribution in [2.24, 2.45) is 0 Å². The van der Waals surface area contributed by atoms with Crippen molar-refractivity contribution in [3.8, 4) is 0 Å². The summed E-state index contributed by atoms with van der Waals surface area (Å²) >= 11 is 5.61. The minimum absolute atomic E-state index is 0.248. The zero-order valence-corrected chi connectivity index (χ0v) is 12.2. The first kappa shape index (κ1) is 14.5. The van der Waals surface area contributed by atoms with E-state index in [9.17, 15) is 4.79 Å². The van der Waals surface area contributed by atoms with Crippen LogP contribution in [0.2, 0.25) is 5.15 Å². The second kappa shape index (κ2) is 6.47. The molecule has 2 aromatic heterocycles. The van der Waals surface area contributed by atoms with Crippen LogP contribution in [0.25, 0.3) is 0 Å². The van der Waals surface area contributed by atoms with Crippen LogP contribution in [0.3, 0.4) is 0 Å². The van der Waals surface area contributed by atoms with Gasteiger partial charge < -0.3 is 5.32 Å². The highest BCUT2D eigenvalue weighted by atomic mass is 35.5. The summed E-state index contributed by atoms with van der Waals surface area (Å²) in [5.41, 5.74) is 2.39. The summed E-state index contributed by atoms with van der Waals surface area (Å²) in [5.74, 6) is -0.248. The van der Waals surface area contributed by atoms with Gasteiger partial charge >= 0.3 is 0 Å². The van der Waals surface area contributed by atoms with Gasteiger partial charge in [0.25, 0.3) is 5.91 Å². The molecule has 0 spiro atoms. The van der Waals surface area contributed by atoms with E-state index < -0.39 is 0 Å². The maximum Gasteiger partial charge on any atom is 0.271 e. The maximum absolute atomic E-state index is 11.8. The Bertz CT molecular complexity index is 593. The molecule has 6 nitrogen and oxygen atoms in total. The van der Waals surface area contributed by atoms with Gasteiger partial charge in [0.05, 0.1) is 5.69 Å². The lowest BCUT2D eigenvalue weighted by atomic mass is 10.3. The highest BCUT2D eigenvalue weighted by Gasteiger charge is 2.07. The largest absolute Gasteiger partial charge is 0.351 e. The fourth-order valence-corrected chi connectivity index (χ4v) is 1.96. The Labute approximate surface area is 122 Å². The molecule has 1 amide bonds. The summed E-state index contributed by atoms with van der Waals surface area (Å²) in [7, 11) is 0. The zero-order valence-electron chi connectivity index (χ0n) is 11.4. The molecule has 0 unspecified atom stereocenters. The average molecular weight is 294 g/mol. The van der Waals surface area contributed by atoms with Crippen LogP contribution in [-0.4, -0.2) is 32.4 Å². The Morgan fingerprint density at radius 1 is 1.35 bits per heavy atom. The van der Waals surface area contributed by atoms with E-state index in [1.807, 2.05) is 24.6 Å². The van der Waals surface area contributed by atoms with Crippen LogP contribution in [0.15, 0.2) is 18.2 Å². The molecule has 0 bridgehead atoms. The molecule has 0 saturated heterocycles. The molecule has 0 radical (unpaired) electrons. The first-order valence-corrected chi connectivity index (χ1v) is 6.72. The maximum atomic E-state index is 11.8. The second-order valence-electron chi connectivity index (χ2n) is 4.50. The number of carbonyl (C=O) groups is 1. The molecule has 0 atom stereocenters. The van der Waals surface area contributed by atoms with Crippen LogP contribution in [0.1, 0.15) is 28.3 Å². The Balaban J connectivity index is 1.77. The van der Waals surface area contributed by atoms with E-state index in [1.165, 1.54) is 0 Å². The summed E-state index contributed by atoms with van der Waals surface area (Å²) < 4.78 is 1.93. The smallest absolute Gasteiger partial charge is 0.271 e. The molecule has 2 rings (SSSR count). The average Bonchev–Trinajstić information content (AvgIpc) is 2.73. The first-order chi connectivity index (χ1) is 9.56. The first-order valence-electron chi connectivity index (χ1n) is 6.35. The molecule has 1 N–H and O–H groups in total. The van der Waals surface area contributed by atoms with Crippen molar-refractivity contribution in [2.75, 3.05) is 6.54 Å². The highest BCUT2D eigenvalue weighted by Crippen LogP contribution is 2.03. The van der Waals surface area contributed by atoms with E-state index in [0.29, 0.717) is 6.54 Å². The zero-order chi connectivity index (χ0) is 14.5. The Hall–Kier alpha value is -1.95. The summed E-state index contributed by atoms with van der Waals surface area (Å²) in [4.78, 5) is 11.8. The van der Waals surface area contributed by atoms with Crippen LogP contribution in [-0.2, 0) is 6.54 Å². The molecular formula is C13H16ClN5O. The standard InChI is InChI=1S/C13H16ClN5O/c1-9-8-10(2)19(18-9)7-3-6-15-13(20)11-4-5-12(14)17-16-11/h4-5,8H,3,6-7H2,1-2H3,(H,15,20). The summed E-state index contributed by atoms with van der Waals surface area (Å²) in [6.07, 6.45) is 0.800. The molecule has 0 fully saturated rings. The van der Waals surface area contributed by atoms with Crippen molar-refractivity contribution < 1.29 is 4.79 Å². The SMILES string of the molecule is Cc1cc(C)n(CCCNC(=O)c2ccc(Cl)nn2)n1. The number of rotatable bonds is 5. The molecule has 0 aliphatic heterocycles. The van der Waals surface area contributed by atoms with Gasteiger partial charge in [-0.1, -0.05) is 11.6 Å². The molecule has 20 heavy (non-hydrogen) atoms.